The monoisotopic (exact) mass is 366 g/mol. The predicted molar refractivity (Wildman–Crippen MR) is 82.3 cm³/mol. The highest BCUT2D eigenvalue weighted by Gasteiger charge is 2.03. The molecule has 2 aromatic rings. The Morgan fingerprint density at radius 1 is 1.26 bits per heavy atom. The van der Waals surface area contributed by atoms with Gasteiger partial charge in [0, 0.05) is 15.8 Å². The summed E-state index contributed by atoms with van der Waals surface area (Å²) in [7, 11) is 0. The van der Waals surface area contributed by atoms with Crippen LogP contribution in [0.1, 0.15) is 16.7 Å². The molecule has 2 aromatic carbocycles. The number of anilines is 1. The fraction of sp³-hybridized carbons (Fsp3) is 0.133. The maximum absolute atomic E-state index is 13.0. The van der Waals surface area contributed by atoms with Crippen molar-refractivity contribution < 1.29 is 4.39 Å². The van der Waals surface area contributed by atoms with Gasteiger partial charge in [-0.3, -0.25) is 0 Å². The van der Waals surface area contributed by atoms with E-state index in [1.165, 1.54) is 12.1 Å². The Bertz CT molecular complexity index is 647. The Labute approximate surface area is 125 Å². The van der Waals surface area contributed by atoms with Gasteiger partial charge in [0.05, 0.1) is 11.6 Å². The molecule has 0 fully saturated rings. The van der Waals surface area contributed by atoms with Crippen LogP contribution in [0.2, 0.25) is 0 Å². The van der Waals surface area contributed by atoms with Crippen molar-refractivity contribution in [1.29, 1.82) is 5.26 Å². The first-order valence-electron chi connectivity index (χ1n) is 5.78. The smallest absolute Gasteiger partial charge is 0.124 e. The van der Waals surface area contributed by atoms with Crippen molar-refractivity contribution in [2.24, 2.45) is 0 Å². The summed E-state index contributed by atoms with van der Waals surface area (Å²) >= 11 is 2.10. The molecule has 0 unspecified atom stereocenters. The summed E-state index contributed by atoms with van der Waals surface area (Å²) in [6.45, 7) is 2.63. The van der Waals surface area contributed by atoms with E-state index in [0.29, 0.717) is 12.1 Å². The van der Waals surface area contributed by atoms with Crippen LogP contribution in [0.5, 0.6) is 0 Å². The molecule has 0 spiro atoms. The van der Waals surface area contributed by atoms with Crippen LogP contribution in [0.4, 0.5) is 10.1 Å². The topological polar surface area (TPSA) is 35.8 Å². The minimum Gasteiger partial charge on any atom is -0.380 e. The van der Waals surface area contributed by atoms with Gasteiger partial charge >= 0.3 is 0 Å². The summed E-state index contributed by atoms with van der Waals surface area (Å²) in [5, 5.41) is 12.1. The van der Waals surface area contributed by atoms with Gasteiger partial charge in [-0.05, 0) is 71.0 Å². The molecular formula is C15H12FIN2. The first-order chi connectivity index (χ1) is 9.10. The average molecular weight is 366 g/mol. The van der Waals surface area contributed by atoms with E-state index in [0.717, 1.165) is 20.4 Å². The largest absolute Gasteiger partial charge is 0.380 e. The minimum absolute atomic E-state index is 0.232. The second-order valence-corrected chi connectivity index (χ2v) is 5.39. The number of halogens is 2. The highest BCUT2D eigenvalue weighted by Crippen LogP contribution is 2.20. The second kappa shape index (κ2) is 6.02. The highest BCUT2D eigenvalue weighted by molar-refractivity contribution is 14.1. The number of hydrogen-bond donors (Lipinski definition) is 1. The summed E-state index contributed by atoms with van der Waals surface area (Å²) in [6, 6.07) is 12.4. The first-order valence-corrected chi connectivity index (χ1v) is 6.86. The lowest BCUT2D eigenvalue weighted by Gasteiger charge is -2.11. The van der Waals surface area contributed by atoms with Gasteiger partial charge in [-0.1, -0.05) is 6.07 Å². The van der Waals surface area contributed by atoms with Crippen molar-refractivity contribution in [3.8, 4) is 6.07 Å². The predicted octanol–water partition coefficient (Wildman–Crippen LogP) is 4.22. The number of rotatable bonds is 3. The SMILES string of the molecule is Cc1cc(C#N)ccc1CNc1ccc(F)cc1I. The number of aryl methyl sites for hydroxylation is 1. The number of nitrogens with zero attached hydrogens (tertiary/aromatic N) is 1. The molecule has 96 valence electrons. The van der Waals surface area contributed by atoms with E-state index in [1.807, 2.05) is 19.1 Å². The molecule has 0 saturated carbocycles. The van der Waals surface area contributed by atoms with E-state index in [4.69, 9.17) is 5.26 Å². The van der Waals surface area contributed by atoms with Crippen molar-refractivity contribution >= 4 is 28.3 Å². The molecular weight excluding hydrogens is 354 g/mol. The fourth-order valence-electron chi connectivity index (χ4n) is 1.79. The molecule has 2 nitrogen and oxygen atoms in total. The zero-order valence-electron chi connectivity index (χ0n) is 10.4. The van der Waals surface area contributed by atoms with Crippen LogP contribution in [-0.2, 0) is 6.54 Å². The fourth-order valence-corrected chi connectivity index (χ4v) is 2.46. The molecule has 0 aliphatic rings. The van der Waals surface area contributed by atoms with Crippen LogP contribution in [-0.4, -0.2) is 0 Å². The molecule has 0 aliphatic carbocycles. The van der Waals surface area contributed by atoms with Crippen molar-refractivity contribution in [1.82, 2.24) is 0 Å². The van der Waals surface area contributed by atoms with E-state index in [9.17, 15) is 4.39 Å². The summed E-state index contributed by atoms with van der Waals surface area (Å²) in [4.78, 5) is 0. The van der Waals surface area contributed by atoms with Gasteiger partial charge in [0.1, 0.15) is 5.82 Å². The summed E-state index contributed by atoms with van der Waals surface area (Å²) in [5.41, 5.74) is 3.77. The highest BCUT2D eigenvalue weighted by atomic mass is 127. The van der Waals surface area contributed by atoms with Crippen LogP contribution in [0, 0.1) is 27.6 Å². The Balaban J connectivity index is 2.13. The zero-order valence-corrected chi connectivity index (χ0v) is 12.5. The van der Waals surface area contributed by atoms with E-state index < -0.39 is 0 Å². The van der Waals surface area contributed by atoms with Crippen LogP contribution < -0.4 is 5.32 Å². The lowest BCUT2D eigenvalue weighted by Crippen LogP contribution is -2.03. The molecule has 19 heavy (non-hydrogen) atoms. The Hall–Kier alpha value is -1.61. The second-order valence-electron chi connectivity index (χ2n) is 4.23. The third kappa shape index (κ3) is 3.44. The average Bonchev–Trinajstić information content (AvgIpc) is 2.39. The molecule has 0 heterocycles. The Morgan fingerprint density at radius 2 is 2.05 bits per heavy atom. The molecule has 0 bridgehead atoms. The van der Waals surface area contributed by atoms with Crippen LogP contribution in [0.3, 0.4) is 0 Å². The number of nitriles is 1. The zero-order chi connectivity index (χ0) is 13.8. The van der Waals surface area contributed by atoms with Crippen LogP contribution in [0.25, 0.3) is 0 Å². The number of nitrogens with one attached hydrogen (secondary N) is 1. The van der Waals surface area contributed by atoms with Crippen molar-refractivity contribution in [3.05, 3.63) is 62.5 Å². The molecule has 1 N–H and O–H groups in total. The molecule has 0 saturated heterocycles. The third-order valence-corrected chi connectivity index (χ3v) is 3.76. The van der Waals surface area contributed by atoms with Gasteiger partial charge in [0.15, 0.2) is 0 Å². The van der Waals surface area contributed by atoms with E-state index in [1.54, 1.807) is 12.1 Å². The standard InChI is InChI=1S/C15H12FIN2/c1-10-6-11(8-18)2-3-12(10)9-19-15-5-4-13(16)7-14(15)17/h2-7,19H,9H2,1H3. The molecule has 0 amide bonds. The quantitative estimate of drug-likeness (QED) is 0.826. The van der Waals surface area contributed by atoms with Gasteiger partial charge in [-0.25, -0.2) is 4.39 Å². The first kappa shape index (κ1) is 13.8. The van der Waals surface area contributed by atoms with Gasteiger partial charge in [-0.15, -0.1) is 0 Å². The van der Waals surface area contributed by atoms with Gasteiger partial charge in [0.2, 0.25) is 0 Å². The Kier molecular flexibility index (Phi) is 4.38. The minimum atomic E-state index is -0.232. The molecule has 0 aliphatic heterocycles. The summed E-state index contributed by atoms with van der Waals surface area (Å²) < 4.78 is 13.8. The molecule has 0 aromatic heterocycles. The number of hydrogen-bond acceptors (Lipinski definition) is 2. The Morgan fingerprint density at radius 3 is 2.68 bits per heavy atom. The van der Waals surface area contributed by atoms with Crippen molar-refractivity contribution in [3.63, 3.8) is 0 Å². The molecule has 4 heteroatoms. The molecule has 0 radical (unpaired) electrons. The normalized spacial score (nSPS) is 10.0. The maximum Gasteiger partial charge on any atom is 0.124 e. The van der Waals surface area contributed by atoms with Crippen LogP contribution >= 0.6 is 22.6 Å². The third-order valence-electron chi connectivity index (χ3n) is 2.87. The maximum atomic E-state index is 13.0. The van der Waals surface area contributed by atoms with E-state index >= 15 is 0 Å². The summed E-state index contributed by atoms with van der Waals surface area (Å²) in [5.74, 6) is -0.232. The lowest BCUT2D eigenvalue weighted by atomic mass is 10.1. The van der Waals surface area contributed by atoms with Gasteiger partial charge in [0.25, 0.3) is 0 Å². The number of benzene rings is 2. The molecule has 2 rings (SSSR count). The van der Waals surface area contributed by atoms with Crippen molar-refractivity contribution in [2.45, 2.75) is 13.5 Å². The van der Waals surface area contributed by atoms with Gasteiger partial charge in [-0.2, -0.15) is 5.26 Å². The molecule has 0 atom stereocenters. The summed E-state index contributed by atoms with van der Waals surface area (Å²) in [6.07, 6.45) is 0. The van der Waals surface area contributed by atoms with Crippen LogP contribution in [0.15, 0.2) is 36.4 Å². The van der Waals surface area contributed by atoms with Crippen molar-refractivity contribution in [2.75, 3.05) is 5.32 Å². The lowest BCUT2D eigenvalue weighted by molar-refractivity contribution is 0.627. The van der Waals surface area contributed by atoms with E-state index in [2.05, 4.69) is 34.0 Å². The van der Waals surface area contributed by atoms with Gasteiger partial charge < -0.3 is 5.32 Å². The van der Waals surface area contributed by atoms with E-state index in [-0.39, 0.29) is 5.82 Å².